The van der Waals surface area contributed by atoms with Gasteiger partial charge in [-0.05, 0) is 18.2 Å². The van der Waals surface area contributed by atoms with E-state index in [0.717, 1.165) is 53.9 Å². The van der Waals surface area contributed by atoms with Crippen LogP contribution in [0.3, 0.4) is 0 Å². The van der Waals surface area contributed by atoms with Crippen LogP contribution in [0.15, 0.2) is 43.2 Å². The number of aromatic nitrogens is 6. The number of piperazine rings is 1. The fourth-order valence-corrected chi connectivity index (χ4v) is 3.53. The summed E-state index contributed by atoms with van der Waals surface area (Å²) in [6.07, 6.45) is 7.03. The molecule has 0 radical (unpaired) electrons. The van der Waals surface area contributed by atoms with Gasteiger partial charge in [-0.15, -0.1) is 0 Å². The summed E-state index contributed by atoms with van der Waals surface area (Å²) < 4.78 is 1.79. The third-order valence-electron chi connectivity index (χ3n) is 4.84. The first-order valence-corrected chi connectivity index (χ1v) is 8.62. The predicted molar refractivity (Wildman–Crippen MR) is 100 cm³/mol. The van der Waals surface area contributed by atoms with Crippen LogP contribution in [0.4, 0.5) is 11.5 Å². The Morgan fingerprint density at radius 3 is 2.65 bits per heavy atom. The molecule has 4 aromatic rings. The summed E-state index contributed by atoms with van der Waals surface area (Å²) in [4.78, 5) is 21.9. The van der Waals surface area contributed by atoms with Crippen molar-refractivity contribution >= 4 is 33.4 Å². The summed E-state index contributed by atoms with van der Waals surface area (Å²) in [6, 6.07) is 6.35. The number of nitrogens with zero attached hydrogens (tertiary/aromatic N) is 8. The first kappa shape index (κ1) is 15.0. The van der Waals surface area contributed by atoms with E-state index in [1.54, 1.807) is 17.3 Å². The summed E-state index contributed by atoms with van der Waals surface area (Å²) in [6.45, 7) is 3.69. The van der Waals surface area contributed by atoms with E-state index in [-0.39, 0.29) is 0 Å². The SMILES string of the molecule is Cn1cc2c(N3CCN(c4ccc5ncncc5c4)CC3)ncnc2n1. The zero-order chi connectivity index (χ0) is 17.5. The molecular formula is C18H18N8. The molecule has 0 saturated carbocycles. The summed E-state index contributed by atoms with van der Waals surface area (Å²) in [5.41, 5.74) is 2.93. The molecule has 0 bridgehead atoms. The van der Waals surface area contributed by atoms with Gasteiger partial charge in [0.1, 0.15) is 18.5 Å². The van der Waals surface area contributed by atoms with Crippen LogP contribution in [0.1, 0.15) is 0 Å². The number of anilines is 2. The summed E-state index contributed by atoms with van der Waals surface area (Å²) in [5, 5.41) is 6.45. The number of fused-ring (bicyclic) bond motifs is 2. The van der Waals surface area contributed by atoms with Crippen molar-refractivity contribution in [3.05, 3.63) is 43.2 Å². The number of hydrogen-bond donors (Lipinski definition) is 0. The average Bonchev–Trinajstić information content (AvgIpc) is 3.08. The molecule has 0 spiro atoms. The van der Waals surface area contributed by atoms with E-state index in [9.17, 15) is 0 Å². The Labute approximate surface area is 150 Å². The van der Waals surface area contributed by atoms with E-state index in [4.69, 9.17) is 0 Å². The highest BCUT2D eigenvalue weighted by atomic mass is 15.3. The van der Waals surface area contributed by atoms with Gasteiger partial charge in [-0.1, -0.05) is 0 Å². The minimum absolute atomic E-state index is 0.745. The maximum Gasteiger partial charge on any atom is 0.186 e. The van der Waals surface area contributed by atoms with Crippen molar-refractivity contribution in [2.75, 3.05) is 36.0 Å². The lowest BCUT2D eigenvalue weighted by molar-refractivity contribution is 0.649. The second-order valence-corrected chi connectivity index (χ2v) is 6.48. The van der Waals surface area contributed by atoms with Gasteiger partial charge in [0.2, 0.25) is 0 Å². The van der Waals surface area contributed by atoms with Crippen LogP contribution in [0, 0.1) is 0 Å². The summed E-state index contributed by atoms with van der Waals surface area (Å²) in [5.74, 6) is 0.967. The average molecular weight is 346 g/mol. The molecule has 8 nitrogen and oxygen atoms in total. The van der Waals surface area contributed by atoms with Crippen molar-refractivity contribution in [3.63, 3.8) is 0 Å². The zero-order valence-electron chi connectivity index (χ0n) is 14.4. The molecule has 5 rings (SSSR count). The van der Waals surface area contributed by atoms with Gasteiger partial charge < -0.3 is 9.80 Å². The molecule has 1 aromatic carbocycles. The van der Waals surface area contributed by atoms with Gasteiger partial charge in [0.25, 0.3) is 0 Å². The predicted octanol–water partition coefficient (Wildman–Crippen LogP) is 1.63. The Morgan fingerprint density at radius 1 is 0.923 bits per heavy atom. The van der Waals surface area contributed by atoms with Gasteiger partial charge in [0.05, 0.1) is 10.9 Å². The molecule has 0 atom stereocenters. The van der Waals surface area contributed by atoms with Gasteiger partial charge in [-0.3, -0.25) is 4.68 Å². The van der Waals surface area contributed by atoms with E-state index in [1.165, 1.54) is 5.69 Å². The highest BCUT2D eigenvalue weighted by molar-refractivity contribution is 5.86. The largest absolute Gasteiger partial charge is 0.368 e. The van der Waals surface area contributed by atoms with Crippen LogP contribution < -0.4 is 9.80 Å². The van der Waals surface area contributed by atoms with E-state index in [1.807, 2.05) is 19.4 Å². The normalized spacial score (nSPS) is 15.1. The third-order valence-corrected chi connectivity index (χ3v) is 4.84. The van der Waals surface area contributed by atoms with Crippen LogP contribution in [0.2, 0.25) is 0 Å². The number of rotatable bonds is 2. The number of aryl methyl sites for hydroxylation is 1. The van der Waals surface area contributed by atoms with Crippen LogP contribution in [-0.2, 0) is 7.05 Å². The van der Waals surface area contributed by atoms with Crippen LogP contribution in [-0.4, -0.2) is 55.9 Å². The molecule has 0 unspecified atom stereocenters. The monoisotopic (exact) mass is 346 g/mol. The van der Waals surface area contributed by atoms with Gasteiger partial charge in [0, 0.05) is 56.7 Å². The molecule has 3 aromatic heterocycles. The minimum Gasteiger partial charge on any atom is -0.368 e. The molecule has 4 heterocycles. The highest BCUT2D eigenvalue weighted by Gasteiger charge is 2.21. The van der Waals surface area contributed by atoms with Crippen molar-refractivity contribution < 1.29 is 0 Å². The Hall–Kier alpha value is -3.29. The topological polar surface area (TPSA) is 75.9 Å². The first-order valence-electron chi connectivity index (χ1n) is 8.62. The number of hydrogen-bond acceptors (Lipinski definition) is 7. The molecule has 1 saturated heterocycles. The van der Waals surface area contributed by atoms with E-state index in [0.29, 0.717) is 0 Å². The molecular weight excluding hydrogens is 328 g/mol. The van der Waals surface area contributed by atoms with E-state index >= 15 is 0 Å². The van der Waals surface area contributed by atoms with Crippen molar-refractivity contribution in [3.8, 4) is 0 Å². The van der Waals surface area contributed by atoms with Gasteiger partial charge >= 0.3 is 0 Å². The van der Waals surface area contributed by atoms with E-state index in [2.05, 4.69) is 53.0 Å². The van der Waals surface area contributed by atoms with Crippen LogP contribution >= 0.6 is 0 Å². The van der Waals surface area contributed by atoms with Crippen LogP contribution in [0.5, 0.6) is 0 Å². The fraction of sp³-hybridized carbons (Fsp3) is 0.278. The molecule has 0 aliphatic carbocycles. The van der Waals surface area contributed by atoms with Gasteiger partial charge in [0.15, 0.2) is 5.65 Å². The Kier molecular flexibility index (Phi) is 3.41. The standard InChI is InChI=1S/C18H18N8/c1-24-10-15-17(23-24)21-12-22-18(15)26-6-4-25(5-7-26)14-2-3-16-13(8-14)9-19-11-20-16/h2-3,8-12H,4-7H2,1H3. The van der Waals surface area contributed by atoms with E-state index < -0.39 is 0 Å². The second kappa shape index (κ2) is 5.91. The molecule has 8 heteroatoms. The van der Waals surface area contributed by atoms with Crippen LogP contribution in [0.25, 0.3) is 21.9 Å². The van der Waals surface area contributed by atoms with Gasteiger partial charge in [-0.25, -0.2) is 19.9 Å². The molecule has 0 N–H and O–H groups in total. The fourth-order valence-electron chi connectivity index (χ4n) is 3.53. The minimum atomic E-state index is 0.745. The van der Waals surface area contributed by atoms with Crippen molar-refractivity contribution in [1.29, 1.82) is 0 Å². The highest BCUT2D eigenvalue weighted by Crippen LogP contribution is 2.25. The van der Waals surface area contributed by atoms with Crippen molar-refractivity contribution in [2.24, 2.45) is 7.05 Å². The Bertz CT molecular complexity index is 1080. The quantitative estimate of drug-likeness (QED) is 0.546. The van der Waals surface area contributed by atoms with Crippen molar-refractivity contribution in [2.45, 2.75) is 0 Å². The smallest absolute Gasteiger partial charge is 0.186 e. The Balaban J connectivity index is 1.38. The zero-order valence-corrected chi connectivity index (χ0v) is 14.4. The lowest BCUT2D eigenvalue weighted by atomic mass is 10.2. The molecule has 1 aliphatic rings. The maximum atomic E-state index is 4.51. The first-order chi connectivity index (χ1) is 12.8. The lowest BCUT2D eigenvalue weighted by Gasteiger charge is -2.36. The number of benzene rings is 1. The van der Waals surface area contributed by atoms with Crippen molar-refractivity contribution in [1.82, 2.24) is 29.7 Å². The molecule has 130 valence electrons. The second-order valence-electron chi connectivity index (χ2n) is 6.48. The molecule has 1 aliphatic heterocycles. The Morgan fingerprint density at radius 2 is 1.77 bits per heavy atom. The summed E-state index contributed by atoms with van der Waals surface area (Å²) >= 11 is 0. The lowest BCUT2D eigenvalue weighted by Crippen LogP contribution is -2.46. The maximum absolute atomic E-state index is 4.51. The van der Waals surface area contributed by atoms with Gasteiger partial charge in [-0.2, -0.15) is 5.10 Å². The third kappa shape index (κ3) is 2.50. The molecule has 0 amide bonds. The summed E-state index contributed by atoms with van der Waals surface area (Å²) in [7, 11) is 1.91. The molecule has 26 heavy (non-hydrogen) atoms. The molecule has 1 fully saturated rings.